The fourth-order valence-corrected chi connectivity index (χ4v) is 5.46. The van der Waals surface area contributed by atoms with Crippen LogP contribution < -0.4 is 0 Å². The van der Waals surface area contributed by atoms with Crippen molar-refractivity contribution in [1.82, 2.24) is 0 Å². The highest BCUT2D eigenvalue weighted by atomic mass is 28.4. The topological polar surface area (TPSA) is 27.7 Å². The van der Waals surface area contributed by atoms with Crippen LogP contribution in [-0.4, -0.2) is 28.6 Å². The van der Waals surface area contributed by atoms with E-state index in [0.717, 1.165) is 43.9 Å². The van der Waals surface area contributed by atoms with E-state index in [1.54, 1.807) is 0 Å². The van der Waals surface area contributed by atoms with E-state index < -0.39 is 26.3 Å². The van der Waals surface area contributed by atoms with Gasteiger partial charge in [-0.2, -0.15) is 0 Å². The maximum atomic E-state index is 13.2. The molecule has 0 aliphatic rings. The zero-order valence-electron chi connectivity index (χ0n) is 15.4. The number of rotatable bonds is 13. The summed E-state index contributed by atoms with van der Waals surface area (Å²) in [7, 11) is -2.58. The summed E-state index contributed by atoms with van der Waals surface area (Å²) >= 11 is 0. The molecule has 0 fully saturated rings. The van der Waals surface area contributed by atoms with Crippen LogP contribution in [0.1, 0.15) is 52.0 Å². The number of unbranched alkanes of at least 4 members (excludes halogenated alkanes) is 3. The lowest BCUT2D eigenvalue weighted by Crippen LogP contribution is -2.45. The second-order valence-electron chi connectivity index (χ2n) is 5.77. The molecule has 0 saturated heterocycles. The highest BCUT2D eigenvalue weighted by Crippen LogP contribution is 2.21. The van der Waals surface area contributed by atoms with Gasteiger partial charge in [-0.3, -0.25) is 0 Å². The molecule has 1 rings (SSSR count). The Bertz CT molecular complexity index is 474. The third-order valence-corrected chi connectivity index (χ3v) is 6.99. The first-order valence-electron chi connectivity index (χ1n) is 9.03. The molecular weight excluding hydrogens is 349 g/mol. The highest BCUT2D eigenvalue weighted by Gasteiger charge is 2.39. The minimum atomic E-state index is -2.58. The van der Waals surface area contributed by atoms with Crippen molar-refractivity contribution >= 4 is 8.80 Å². The Labute approximate surface area is 149 Å². The van der Waals surface area contributed by atoms with Gasteiger partial charge < -0.3 is 13.3 Å². The molecule has 0 saturated carbocycles. The van der Waals surface area contributed by atoms with Gasteiger partial charge in [0.15, 0.2) is 17.5 Å². The lowest BCUT2D eigenvalue weighted by molar-refractivity contribution is 0.0706. The molecule has 0 aliphatic heterocycles. The van der Waals surface area contributed by atoms with Crippen LogP contribution >= 0.6 is 0 Å². The Morgan fingerprint density at radius 2 is 1.24 bits per heavy atom. The Morgan fingerprint density at radius 1 is 0.760 bits per heavy atom. The molecule has 144 valence electrons. The van der Waals surface area contributed by atoms with Gasteiger partial charge in [0.05, 0.1) is 0 Å². The van der Waals surface area contributed by atoms with Crippen molar-refractivity contribution in [2.24, 2.45) is 0 Å². The molecule has 0 radical (unpaired) electrons. The van der Waals surface area contributed by atoms with Gasteiger partial charge in [0.25, 0.3) is 0 Å². The monoisotopic (exact) mass is 378 g/mol. The summed E-state index contributed by atoms with van der Waals surface area (Å²) in [5.74, 6) is -3.67. The number of hydrogen-bond acceptors (Lipinski definition) is 3. The summed E-state index contributed by atoms with van der Waals surface area (Å²) in [6.07, 6.45) is 4.10. The lowest BCUT2D eigenvalue weighted by atomic mass is 10.1. The van der Waals surface area contributed by atoms with Gasteiger partial charge in [-0.1, -0.05) is 12.8 Å². The molecule has 0 aromatic heterocycles. The van der Waals surface area contributed by atoms with Crippen LogP contribution in [0.3, 0.4) is 0 Å². The van der Waals surface area contributed by atoms with Crippen LogP contribution in [0.2, 0.25) is 6.04 Å². The molecule has 0 aliphatic carbocycles. The van der Waals surface area contributed by atoms with Crippen molar-refractivity contribution in [2.45, 2.75) is 58.9 Å². The Kier molecular flexibility index (Phi) is 10.3. The lowest BCUT2D eigenvalue weighted by Gasteiger charge is -2.28. The van der Waals surface area contributed by atoms with Crippen LogP contribution in [0.4, 0.5) is 13.2 Å². The van der Waals surface area contributed by atoms with Crippen LogP contribution in [0, 0.1) is 17.5 Å². The molecule has 1 aromatic rings. The summed E-state index contributed by atoms with van der Waals surface area (Å²) in [6.45, 7) is 7.48. The minimum absolute atomic E-state index is 0.484. The van der Waals surface area contributed by atoms with E-state index in [1.807, 2.05) is 20.8 Å². The van der Waals surface area contributed by atoms with Gasteiger partial charge in [-0.15, -0.1) is 0 Å². The molecule has 3 nitrogen and oxygen atoms in total. The summed E-state index contributed by atoms with van der Waals surface area (Å²) in [4.78, 5) is 0. The van der Waals surface area contributed by atoms with Crippen molar-refractivity contribution in [3.63, 3.8) is 0 Å². The number of hydrogen-bond donors (Lipinski definition) is 0. The van der Waals surface area contributed by atoms with E-state index in [4.69, 9.17) is 13.3 Å². The average molecular weight is 379 g/mol. The Hall–Kier alpha value is -0.893. The van der Waals surface area contributed by atoms with Crippen LogP contribution in [-0.2, 0) is 19.7 Å². The molecule has 0 bridgehead atoms. The van der Waals surface area contributed by atoms with Gasteiger partial charge >= 0.3 is 8.80 Å². The molecule has 25 heavy (non-hydrogen) atoms. The van der Waals surface area contributed by atoms with Crippen LogP contribution in [0.25, 0.3) is 0 Å². The first-order chi connectivity index (χ1) is 12.0. The Balaban J connectivity index is 2.36. The predicted molar refractivity (Wildman–Crippen MR) is 93.9 cm³/mol. The smallest absolute Gasteiger partial charge is 0.374 e. The van der Waals surface area contributed by atoms with Crippen LogP contribution in [0.15, 0.2) is 12.1 Å². The van der Waals surface area contributed by atoms with Gasteiger partial charge in [0.1, 0.15) is 0 Å². The third kappa shape index (κ3) is 7.48. The zero-order valence-corrected chi connectivity index (χ0v) is 16.4. The fourth-order valence-electron chi connectivity index (χ4n) is 2.78. The van der Waals surface area contributed by atoms with Crippen molar-refractivity contribution in [2.75, 3.05) is 19.8 Å². The summed E-state index contributed by atoms with van der Waals surface area (Å²) in [5.41, 5.74) is 0.484. The van der Waals surface area contributed by atoms with E-state index in [2.05, 4.69) is 0 Å². The number of benzene rings is 1. The SMILES string of the molecule is CCO[Si](CCCCCCc1cc(F)c(F)c(F)c1)(OCC)OCC. The maximum Gasteiger partial charge on any atom is 0.500 e. The van der Waals surface area contributed by atoms with E-state index >= 15 is 0 Å². The predicted octanol–water partition coefficient (Wildman–Crippen LogP) is 5.26. The van der Waals surface area contributed by atoms with E-state index in [-0.39, 0.29) is 0 Å². The number of halogens is 3. The third-order valence-electron chi connectivity index (χ3n) is 3.83. The van der Waals surface area contributed by atoms with Crippen LogP contribution in [0.5, 0.6) is 0 Å². The van der Waals surface area contributed by atoms with E-state index in [9.17, 15) is 13.2 Å². The molecule has 0 spiro atoms. The first kappa shape index (κ1) is 22.1. The highest BCUT2D eigenvalue weighted by molar-refractivity contribution is 6.60. The molecule has 0 amide bonds. The number of aryl methyl sites for hydroxylation is 1. The molecule has 7 heteroatoms. The molecule has 0 N–H and O–H groups in total. The molecule has 1 aromatic carbocycles. The summed E-state index contributed by atoms with van der Waals surface area (Å²) < 4.78 is 56.6. The summed E-state index contributed by atoms with van der Waals surface area (Å²) in [5, 5.41) is 0. The maximum absolute atomic E-state index is 13.2. The summed E-state index contributed by atoms with van der Waals surface area (Å²) in [6, 6.07) is 2.90. The Morgan fingerprint density at radius 3 is 1.72 bits per heavy atom. The minimum Gasteiger partial charge on any atom is -0.374 e. The zero-order chi connectivity index (χ0) is 18.7. The van der Waals surface area contributed by atoms with Gasteiger partial charge in [0, 0.05) is 25.9 Å². The van der Waals surface area contributed by atoms with Crippen molar-refractivity contribution in [3.05, 3.63) is 35.1 Å². The van der Waals surface area contributed by atoms with Crippen molar-refractivity contribution in [3.8, 4) is 0 Å². The van der Waals surface area contributed by atoms with Gasteiger partial charge in [-0.25, -0.2) is 13.2 Å². The normalized spacial score (nSPS) is 11.9. The molecule has 0 heterocycles. The van der Waals surface area contributed by atoms with Gasteiger partial charge in [0.2, 0.25) is 0 Å². The second kappa shape index (κ2) is 11.7. The standard InChI is InChI=1S/C18H29F3O3Si/c1-4-22-25(23-5-2,24-6-3)12-10-8-7-9-11-15-13-16(19)18(21)17(20)14-15/h13-14H,4-12H2,1-3H3. The van der Waals surface area contributed by atoms with E-state index in [0.29, 0.717) is 31.8 Å². The second-order valence-corrected chi connectivity index (χ2v) is 8.50. The average Bonchev–Trinajstić information content (AvgIpc) is 2.56. The fraction of sp³-hybridized carbons (Fsp3) is 0.667. The molecular formula is C18H29F3O3Si. The molecule has 0 atom stereocenters. The largest absolute Gasteiger partial charge is 0.500 e. The quantitative estimate of drug-likeness (QED) is 0.266. The van der Waals surface area contributed by atoms with Crippen molar-refractivity contribution in [1.29, 1.82) is 0 Å². The van der Waals surface area contributed by atoms with Crippen molar-refractivity contribution < 1.29 is 26.4 Å². The van der Waals surface area contributed by atoms with Gasteiger partial charge in [-0.05, 0) is 57.7 Å². The van der Waals surface area contributed by atoms with E-state index in [1.165, 1.54) is 0 Å². The first-order valence-corrected chi connectivity index (χ1v) is 11.0. The molecule has 0 unspecified atom stereocenters.